The summed E-state index contributed by atoms with van der Waals surface area (Å²) >= 11 is 0. The summed E-state index contributed by atoms with van der Waals surface area (Å²) in [5.41, 5.74) is 3.76. The van der Waals surface area contributed by atoms with E-state index in [9.17, 15) is 18.1 Å². The van der Waals surface area contributed by atoms with Gasteiger partial charge in [0.1, 0.15) is 0 Å². The Labute approximate surface area is 113 Å². The quantitative estimate of drug-likeness (QED) is 0.628. The molecule has 3 rings (SSSR count). The van der Waals surface area contributed by atoms with Gasteiger partial charge in [-0.15, -0.1) is 4.91 Å². The van der Waals surface area contributed by atoms with E-state index in [1.54, 1.807) is 6.07 Å². The third-order valence-corrected chi connectivity index (χ3v) is 3.55. The molecule has 0 fully saturated rings. The molecule has 5 heteroatoms. The predicted molar refractivity (Wildman–Crippen MR) is 69.3 cm³/mol. The fraction of sp³-hybridized carbons (Fsp3) is 0.200. The van der Waals surface area contributed by atoms with E-state index in [-0.39, 0.29) is 5.56 Å². The van der Waals surface area contributed by atoms with Gasteiger partial charge in [0.05, 0.1) is 0 Å². The van der Waals surface area contributed by atoms with Crippen LogP contribution in [0.25, 0.3) is 11.1 Å². The number of nitrogens with zero attached hydrogens (tertiary/aromatic N) is 1. The van der Waals surface area contributed by atoms with E-state index in [0.29, 0.717) is 6.42 Å². The summed E-state index contributed by atoms with van der Waals surface area (Å²) in [5, 5.41) is 2.23. The minimum Gasteiger partial charge on any atom is -0.168 e. The summed E-state index contributed by atoms with van der Waals surface area (Å²) < 4.78 is 38.2. The molecule has 0 saturated heterocycles. The van der Waals surface area contributed by atoms with Crippen molar-refractivity contribution in [2.24, 2.45) is 5.18 Å². The Hall–Kier alpha value is -2.17. The minimum absolute atomic E-state index is 0.0981. The van der Waals surface area contributed by atoms with Crippen molar-refractivity contribution >= 4 is 0 Å². The molecule has 0 bridgehead atoms. The fourth-order valence-electron chi connectivity index (χ4n) is 2.64. The van der Waals surface area contributed by atoms with E-state index in [2.05, 4.69) is 5.18 Å². The number of alkyl halides is 3. The first-order valence-electron chi connectivity index (χ1n) is 6.11. The van der Waals surface area contributed by atoms with Crippen LogP contribution in [0.4, 0.5) is 13.2 Å². The monoisotopic (exact) mass is 277 g/mol. The molecule has 2 aromatic rings. The first-order valence-corrected chi connectivity index (χ1v) is 6.11. The van der Waals surface area contributed by atoms with Crippen LogP contribution in [0.2, 0.25) is 0 Å². The molecular weight excluding hydrogens is 267 g/mol. The number of halogens is 3. The fourth-order valence-corrected chi connectivity index (χ4v) is 2.64. The largest absolute Gasteiger partial charge is 0.418 e. The van der Waals surface area contributed by atoms with Gasteiger partial charge in [-0.05, 0) is 34.2 Å². The zero-order valence-electron chi connectivity index (χ0n) is 10.3. The maximum atomic E-state index is 12.7. The first kappa shape index (κ1) is 12.8. The van der Waals surface area contributed by atoms with Crippen molar-refractivity contribution in [2.45, 2.75) is 18.6 Å². The minimum atomic E-state index is -4.65. The van der Waals surface area contributed by atoms with Crippen LogP contribution in [0, 0.1) is 4.91 Å². The molecule has 102 valence electrons. The SMILES string of the molecule is O=NC(c1ccc2c(c1)Cc1ccccc1-2)C(F)(F)F. The Morgan fingerprint density at radius 3 is 2.40 bits per heavy atom. The lowest BCUT2D eigenvalue weighted by Crippen LogP contribution is -2.18. The van der Waals surface area contributed by atoms with Crippen LogP contribution in [0.3, 0.4) is 0 Å². The van der Waals surface area contributed by atoms with Gasteiger partial charge in [0, 0.05) is 0 Å². The number of hydrogen-bond donors (Lipinski definition) is 0. The summed E-state index contributed by atoms with van der Waals surface area (Å²) in [4.78, 5) is 10.5. The van der Waals surface area contributed by atoms with Crippen LogP contribution in [0.1, 0.15) is 22.7 Å². The van der Waals surface area contributed by atoms with Gasteiger partial charge in [-0.2, -0.15) is 13.2 Å². The standard InChI is InChI=1S/C15H10F3NO/c16-15(17,18)14(19-20)10-5-6-13-11(8-10)7-9-3-1-2-4-12(9)13/h1-6,8,14H,7H2. The Balaban J connectivity index is 2.05. The number of nitroso groups, excluding NO2 is 1. The Bertz CT molecular complexity index is 679. The van der Waals surface area contributed by atoms with Crippen molar-refractivity contribution in [3.63, 3.8) is 0 Å². The van der Waals surface area contributed by atoms with Crippen molar-refractivity contribution in [3.05, 3.63) is 64.1 Å². The zero-order valence-corrected chi connectivity index (χ0v) is 10.3. The molecule has 0 radical (unpaired) electrons. The van der Waals surface area contributed by atoms with Crippen LogP contribution in [0.5, 0.6) is 0 Å². The van der Waals surface area contributed by atoms with Crippen molar-refractivity contribution in [2.75, 3.05) is 0 Å². The second kappa shape index (κ2) is 4.44. The van der Waals surface area contributed by atoms with Gasteiger partial charge >= 0.3 is 6.18 Å². The highest BCUT2D eigenvalue weighted by Crippen LogP contribution is 2.41. The molecule has 0 aliphatic heterocycles. The van der Waals surface area contributed by atoms with E-state index in [0.717, 1.165) is 22.3 Å². The lowest BCUT2D eigenvalue weighted by molar-refractivity contribution is -0.148. The van der Waals surface area contributed by atoms with Crippen molar-refractivity contribution in [1.82, 2.24) is 0 Å². The summed E-state index contributed by atoms with van der Waals surface area (Å²) in [6.45, 7) is 0. The number of benzene rings is 2. The molecule has 0 heterocycles. The predicted octanol–water partition coefficient (Wildman–Crippen LogP) is 4.63. The number of hydrogen-bond acceptors (Lipinski definition) is 2. The van der Waals surface area contributed by atoms with E-state index in [1.165, 1.54) is 12.1 Å². The molecule has 0 aromatic heterocycles. The van der Waals surface area contributed by atoms with Crippen LogP contribution in [0.15, 0.2) is 47.6 Å². The van der Waals surface area contributed by atoms with Gasteiger partial charge < -0.3 is 0 Å². The maximum Gasteiger partial charge on any atom is 0.418 e. The third kappa shape index (κ3) is 1.99. The molecule has 20 heavy (non-hydrogen) atoms. The van der Waals surface area contributed by atoms with Gasteiger partial charge in [-0.25, -0.2) is 0 Å². The Morgan fingerprint density at radius 2 is 1.70 bits per heavy atom. The van der Waals surface area contributed by atoms with Crippen LogP contribution in [-0.2, 0) is 6.42 Å². The highest BCUT2D eigenvalue weighted by Gasteiger charge is 2.42. The summed E-state index contributed by atoms with van der Waals surface area (Å²) in [5.74, 6) is 0. The molecule has 2 nitrogen and oxygen atoms in total. The summed E-state index contributed by atoms with van der Waals surface area (Å²) in [6.07, 6.45) is -4.07. The van der Waals surface area contributed by atoms with Crippen molar-refractivity contribution in [3.8, 4) is 11.1 Å². The van der Waals surface area contributed by atoms with Gasteiger partial charge in [0.25, 0.3) is 0 Å². The zero-order chi connectivity index (χ0) is 14.3. The maximum absolute atomic E-state index is 12.7. The average Bonchev–Trinajstić information content (AvgIpc) is 2.75. The van der Waals surface area contributed by atoms with Crippen molar-refractivity contribution in [1.29, 1.82) is 0 Å². The van der Waals surface area contributed by atoms with E-state index >= 15 is 0 Å². The van der Waals surface area contributed by atoms with Crippen LogP contribution in [-0.4, -0.2) is 6.18 Å². The second-order valence-electron chi connectivity index (χ2n) is 4.80. The molecule has 0 amide bonds. The number of fused-ring (bicyclic) bond motifs is 3. The number of rotatable bonds is 2. The van der Waals surface area contributed by atoms with Gasteiger partial charge in [-0.1, -0.05) is 47.6 Å². The molecule has 1 aliphatic rings. The summed E-state index contributed by atoms with van der Waals surface area (Å²) in [6, 6.07) is 9.81. The highest BCUT2D eigenvalue weighted by atomic mass is 19.4. The van der Waals surface area contributed by atoms with E-state index < -0.39 is 12.2 Å². The van der Waals surface area contributed by atoms with Crippen LogP contribution >= 0.6 is 0 Å². The molecule has 0 spiro atoms. The Kier molecular flexibility index (Phi) is 2.85. The first-order chi connectivity index (χ1) is 9.50. The lowest BCUT2D eigenvalue weighted by atomic mass is 10.00. The van der Waals surface area contributed by atoms with E-state index in [1.807, 2.05) is 24.3 Å². The lowest BCUT2D eigenvalue weighted by Gasteiger charge is -2.14. The molecule has 1 aliphatic carbocycles. The average molecular weight is 277 g/mol. The molecule has 0 N–H and O–H groups in total. The summed E-state index contributed by atoms with van der Waals surface area (Å²) in [7, 11) is 0. The topological polar surface area (TPSA) is 29.4 Å². The molecular formula is C15H10F3NO. The van der Waals surface area contributed by atoms with Crippen molar-refractivity contribution < 1.29 is 13.2 Å². The van der Waals surface area contributed by atoms with Gasteiger partial charge in [0.15, 0.2) is 0 Å². The normalized spacial score (nSPS) is 14.6. The molecule has 1 atom stereocenters. The Morgan fingerprint density at radius 1 is 1.00 bits per heavy atom. The second-order valence-corrected chi connectivity index (χ2v) is 4.80. The van der Waals surface area contributed by atoms with E-state index in [4.69, 9.17) is 0 Å². The molecule has 0 saturated carbocycles. The third-order valence-electron chi connectivity index (χ3n) is 3.55. The van der Waals surface area contributed by atoms with Gasteiger partial charge in [-0.3, -0.25) is 0 Å². The van der Waals surface area contributed by atoms with Crippen LogP contribution < -0.4 is 0 Å². The molecule has 1 unspecified atom stereocenters. The molecule has 2 aromatic carbocycles. The smallest absolute Gasteiger partial charge is 0.168 e. The highest BCUT2D eigenvalue weighted by molar-refractivity contribution is 5.77. The van der Waals surface area contributed by atoms with Gasteiger partial charge in [0.2, 0.25) is 6.04 Å².